The van der Waals surface area contributed by atoms with Crippen LogP contribution < -0.4 is 0 Å². The maximum atomic E-state index is 8.27. The lowest BCUT2D eigenvalue weighted by Crippen LogP contribution is -1.82. The van der Waals surface area contributed by atoms with Gasteiger partial charge in [0, 0.05) is 25.7 Å². The zero-order valence-corrected chi connectivity index (χ0v) is 13.3. The molecule has 0 spiro atoms. The Morgan fingerprint density at radius 3 is 1.18 bits per heavy atom. The molecule has 0 N–H and O–H groups in total. The van der Waals surface area contributed by atoms with E-state index in [0.29, 0.717) is 25.7 Å². The fourth-order valence-corrected chi connectivity index (χ4v) is 1.55. The van der Waals surface area contributed by atoms with Gasteiger partial charge in [0.1, 0.15) is 0 Å². The molecule has 0 aromatic carbocycles. The first kappa shape index (κ1) is 21.7. The summed E-state index contributed by atoms with van der Waals surface area (Å²) < 4.78 is 0. The van der Waals surface area contributed by atoms with Crippen LogP contribution in [-0.2, 0) is 0 Å². The van der Waals surface area contributed by atoms with Crippen LogP contribution in [0.4, 0.5) is 0 Å². The first-order valence-electron chi connectivity index (χ1n) is 7.43. The van der Waals surface area contributed by atoms with Crippen LogP contribution in [0.2, 0.25) is 0 Å². The van der Waals surface area contributed by atoms with Gasteiger partial charge in [0.15, 0.2) is 0 Å². The molecule has 0 fully saturated rings. The minimum absolute atomic E-state index is 0.518. The Kier molecular flexibility index (Phi) is 18.2. The second-order valence-corrected chi connectivity index (χ2v) is 4.84. The zero-order chi connectivity index (χ0) is 17.1. The monoisotopic (exact) mass is 296 g/mol. The predicted octanol–water partition coefficient (Wildman–Crippen LogP) is 5.08. The number of unbranched alkanes of at least 4 members (excludes halogenated alkanes) is 2. The third-order valence-corrected chi connectivity index (χ3v) is 2.82. The molecule has 0 saturated carbocycles. The number of nitriles is 4. The Bertz CT molecular complexity index is 435. The van der Waals surface area contributed by atoms with Gasteiger partial charge >= 0.3 is 0 Å². The average molecular weight is 296 g/mol. The van der Waals surface area contributed by atoms with Gasteiger partial charge in [-0.3, -0.25) is 0 Å². The molecule has 116 valence electrons. The quantitative estimate of drug-likeness (QED) is 0.414. The van der Waals surface area contributed by atoms with Crippen LogP contribution in [0.5, 0.6) is 0 Å². The van der Waals surface area contributed by atoms with E-state index < -0.39 is 0 Å². The summed E-state index contributed by atoms with van der Waals surface area (Å²) >= 11 is 0. The predicted molar refractivity (Wildman–Crippen MR) is 86.9 cm³/mol. The Balaban J connectivity index is 0. The molecule has 0 aliphatic rings. The van der Waals surface area contributed by atoms with Crippen LogP contribution in [0.25, 0.3) is 0 Å². The maximum absolute atomic E-state index is 8.27. The Morgan fingerprint density at radius 2 is 0.864 bits per heavy atom. The lowest BCUT2D eigenvalue weighted by molar-refractivity contribution is 0.756. The second kappa shape index (κ2) is 18.4. The number of hydrogen-bond donors (Lipinski definition) is 0. The minimum atomic E-state index is 0.518. The summed E-state index contributed by atoms with van der Waals surface area (Å²) in [6, 6.07) is 8.26. The molecule has 0 aromatic rings. The molecular formula is C18H24N4. The first-order valence-corrected chi connectivity index (χ1v) is 7.43. The van der Waals surface area contributed by atoms with Gasteiger partial charge in [-0.15, -0.1) is 0 Å². The zero-order valence-electron chi connectivity index (χ0n) is 13.3. The smallest absolute Gasteiger partial charge is 0.0625 e. The summed E-state index contributed by atoms with van der Waals surface area (Å²) in [7, 11) is 0. The summed E-state index contributed by atoms with van der Waals surface area (Å²) in [6.45, 7) is 7.61. The molecule has 0 aliphatic heterocycles. The molecule has 22 heavy (non-hydrogen) atoms. The number of allylic oxidation sites excluding steroid dienone is 2. The largest absolute Gasteiger partial charge is 0.198 e. The van der Waals surface area contributed by atoms with E-state index in [-0.39, 0.29) is 0 Å². The van der Waals surface area contributed by atoms with Gasteiger partial charge in [0.2, 0.25) is 0 Å². The number of hydrogen-bond acceptors (Lipinski definition) is 4. The van der Waals surface area contributed by atoms with Crippen molar-refractivity contribution in [2.45, 2.75) is 64.2 Å². The summed E-state index contributed by atoms with van der Waals surface area (Å²) in [5, 5.41) is 32.9. The number of rotatable bonds is 10. The highest BCUT2D eigenvalue weighted by Crippen LogP contribution is 2.12. The molecule has 0 rings (SSSR count). The summed E-state index contributed by atoms with van der Waals surface area (Å²) in [6.07, 6.45) is 7.39. The summed E-state index contributed by atoms with van der Waals surface area (Å²) in [5.74, 6) is 0. The van der Waals surface area contributed by atoms with E-state index in [2.05, 4.69) is 25.3 Å². The van der Waals surface area contributed by atoms with E-state index in [1.807, 2.05) is 12.1 Å². The van der Waals surface area contributed by atoms with E-state index in [1.54, 1.807) is 0 Å². The topological polar surface area (TPSA) is 95.2 Å². The Morgan fingerprint density at radius 1 is 0.545 bits per heavy atom. The van der Waals surface area contributed by atoms with Crippen LogP contribution in [-0.4, -0.2) is 0 Å². The van der Waals surface area contributed by atoms with Gasteiger partial charge in [-0.2, -0.15) is 21.0 Å². The molecule has 0 aromatic heterocycles. The van der Waals surface area contributed by atoms with Gasteiger partial charge in [-0.25, -0.2) is 0 Å². The molecule has 0 aliphatic carbocycles. The van der Waals surface area contributed by atoms with Crippen molar-refractivity contribution in [2.24, 2.45) is 0 Å². The van der Waals surface area contributed by atoms with Crippen molar-refractivity contribution in [2.75, 3.05) is 0 Å². The third kappa shape index (κ3) is 19.8. The van der Waals surface area contributed by atoms with Crippen LogP contribution in [0.15, 0.2) is 24.3 Å². The second-order valence-electron chi connectivity index (χ2n) is 4.84. The van der Waals surface area contributed by atoms with Crippen molar-refractivity contribution in [3.63, 3.8) is 0 Å². The van der Waals surface area contributed by atoms with Crippen molar-refractivity contribution in [3.05, 3.63) is 24.3 Å². The van der Waals surface area contributed by atoms with Crippen LogP contribution in [0.3, 0.4) is 0 Å². The Hall–Kier alpha value is -2.56. The minimum Gasteiger partial charge on any atom is -0.198 e. The van der Waals surface area contributed by atoms with Crippen molar-refractivity contribution < 1.29 is 0 Å². The third-order valence-electron chi connectivity index (χ3n) is 2.82. The standard InChI is InChI=1S/C10H14N2.C8H10N2/c1-10(6-2-4-8-11)7-3-5-9-12;1-8(4-2-6-9)5-3-7-10/h1-7H2;1-5H2. The molecular weight excluding hydrogens is 272 g/mol. The van der Waals surface area contributed by atoms with Crippen molar-refractivity contribution in [1.82, 2.24) is 0 Å². The molecule has 0 amide bonds. The molecule has 0 bridgehead atoms. The van der Waals surface area contributed by atoms with Crippen LogP contribution in [0.1, 0.15) is 64.2 Å². The van der Waals surface area contributed by atoms with E-state index in [0.717, 1.165) is 44.1 Å². The van der Waals surface area contributed by atoms with Crippen LogP contribution >= 0.6 is 0 Å². The fraction of sp³-hybridized carbons (Fsp3) is 0.556. The molecule has 4 heteroatoms. The molecule has 0 unspecified atom stereocenters. The fourth-order valence-electron chi connectivity index (χ4n) is 1.55. The molecule has 0 heterocycles. The van der Waals surface area contributed by atoms with E-state index in [9.17, 15) is 0 Å². The SMILES string of the molecule is C=C(CCC#N)CCC#N.C=C(CCCC#N)CCCC#N. The van der Waals surface area contributed by atoms with Gasteiger partial charge in [0.05, 0.1) is 24.3 Å². The first-order chi connectivity index (χ1) is 10.6. The normalized spacial score (nSPS) is 8.18. The maximum Gasteiger partial charge on any atom is 0.0625 e. The van der Waals surface area contributed by atoms with Gasteiger partial charge in [-0.05, 0) is 38.5 Å². The summed E-state index contributed by atoms with van der Waals surface area (Å²) in [4.78, 5) is 0. The average Bonchev–Trinajstić information content (AvgIpc) is 2.52. The Labute approximate surface area is 134 Å². The molecule has 4 nitrogen and oxygen atoms in total. The van der Waals surface area contributed by atoms with Crippen molar-refractivity contribution in [1.29, 1.82) is 21.0 Å². The molecule has 0 saturated heterocycles. The van der Waals surface area contributed by atoms with Gasteiger partial charge < -0.3 is 0 Å². The van der Waals surface area contributed by atoms with E-state index in [4.69, 9.17) is 21.0 Å². The highest BCUT2D eigenvalue weighted by Gasteiger charge is 1.94. The van der Waals surface area contributed by atoms with Crippen molar-refractivity contribution >= 4 is 0 Å². The lowest BCUT2D eigenvalue weighted by Gasteiger charge is -2.00. The van der Waals surface area contributed by atoms with Crippen molar-refractivity contribution in [3.8, 4) is 24.3 Å². The highest BCUT2D eigenvalue weighted by molar-refractivity contribution is 4.98. The lowest BCUT2D eigenvalue weighted by atomic mass is 10.0. The van der Waals surface area contributed by atoms with E-state index >= 15 is 0 Å². The van der Waals surface area contributed by atoms with E-state index in [1.165, 1.54) is 5.57 Å². The number of nitrogens with zero attached hydrogens (tertiary/aromatic N) is 4. The highest BCUT2D eigenvalue weighted by atomic mass is 14.2. The molecule has 0 radical (unpaired) electrons. The van der Waals surface area contributed by atoms with Gasteiger partial charge in [0.25, 0.3) is 0 Å². The van der Waals surface area contributed by atoms with Crippen LogP contribution in [0, 0.1) is 45.3 Å². The van der Waals surface area contributed by atoms with Gasteiger partial charge in [-0.1, -0.05) is 24.3 Å². The molecule has 0 atom stereocenters. The summed E-state index contributed by atoms with van der Waals surface area (Å²) in [5.41, 5.74) is 2.17.